The van der Waals surface area contributed by atoms with Crippen molar-refractivity contribution in [2.45, 2.75) is 30.7 Å². The van der Waals surface area contributed by atoms with E-state index >= 15 is 0 Å². The SMILES string of the molecule is Cc1cc(F)ccc1Nc1cc(S(=O)(=O)NCC(=O)O)ncc1C(=O)N1CCC(c2ccc(F)cc2)CC1. The number of nitrogens with one attached hydrogen (secondary N) is 2. The first-order valence-corrected chi connectivity index (χ1v) is 13.3. The number of aromatic nitrogens is 1. The fraction of sp³-hybridized carbons (Fsp3) is 0.269. The predicted molar refractivity (Wildman–Crippen MR) is 136 cm³/mol. The third-order valence-electron chi connectivity index (χ3n) is 6.38. The van der Waals surface area contributed by atoms with E-state index in [2.05, 4.69) is 10.3 Å². The van der Waals surface area contributed by atoms with Crippen molar-refractivity contribution in [2.75, 3.05) is 25.0 Å². The molecule has 4 rings (SSSR count). The Hall–Kier alpha value is -3.90. The number of carbonyl (C=O) groups is 2. The first-order chi connectivity index (χ1) is 18.0. The zero-order valence-corrected chi connectivity index (χ0v) is 21.3. The second-order valence-corrected chi connectivity index (χ2v) is 10.7. The van der Waals surface area contributed by atoms with Crippen molar-refractivity contribution in [2.24, 2.45) is 0 Å². The number of pyridine rings is 1. The molecule has 2 aromatic carbocycles. The Labute approximate surface area is 218 Å². The van der Waals surface area contributed by atoms with Gasteiger partial charge in [-0.3, -0.25) is 9.59 Å². The largest absolute Gasteiger partial charge is 0.480 e. The quantitative estimate of drug-likeness (QED) is 0.394. The van der Waals surface area contributed by atoms with Gasteiger partial charge in [0.05, 0.1) is 11.3 Å². The first kappa shape index (κ1) is 27.1. The highest BCUT2D eigenvalue weighted by molar-refractivity contribution is 7.89. The van der Waals surface area contributed by atoms with Gasteiger partial charge in [0.25, 0.3) is 15.9 Å². The van der Waals surface area contributed by atoms with Gasteiger partial charge in [-0.2, -0.15) is 4.72 Å². The van der Waals surface area contributed by atoms with E-state index in [4.69, 9.17) is 5.11 Å². The molecule has 38 heavy (non-hydrogen) atoms. The number of carboxylic acid groups (broad SMARTS) is 1. The summed E-state index contributed by atoms with van der Waals surface area (Å²) in [5.41, 5.74) is 2.19. The van der Waals surface area contributed by atoms with Gasteiger partial charge in [-0.25, -0.2) is 22.2 Å². The third kappa shape index (κ3) is 6.32. The van der Waals surface area contributed by atoms with Crippen LogP contribution < -0.4 is 10.0 Å². The van der Waals surface area contributed by atoms with Crippen LogP contribution in [0.15, 0.2) is 59.8 Å². The number of aryl methyl sites for hydroxylation is 1. The molecule has 200 valence electrons. The monoisotopic (exact) mass is 544 g/mol. The molecule has 3 aromatic rings. The number of carboxylic acids is 1. The van der Waals surface area contributed by atoms with Crippen LogP contribution in [0.1, 0.15) is 40.2 Å². The van der Waals surface area contributed by atoms with Crippen molar-refractivity contribution in [1.29, 1.82) is 0 Å². The molecular formula is C26H26F2N4O5S. The van der Waals surface area contributed by atoms with E-state index in [1.165, 1.54) is 30.3 Å². The van der Waals surface area contributed by atoms with Crippen molar-refractivity contribution in [3.05, 3.63) is 83.1 Å². The molecule has 1 fully saturated rings. The average molecular weight is 545 g/mol. The van der Waals surface area contributed by atoms with E-state index in [0.717, 1.165) is 17.8 Å². The molecular weight excluding hydrogens is 518 g/mol. The van der Waals surface area contributed by atoms with Crippen LogP contribution in [0.25, 0.3) is 0 Å². The summed E-state index contributed by atoms with van der Waals surface area (Å²) in [6, 6.07) is 11.4. The maximum atomic E-state index is 13.6. The number of carbonyl (C=O) groups excluding carboxylic acids is 1. The highest BCUT2D eigenvalue weighted by Crippen LogP contribution is 2.31. The van der Waals surface area contributed by atoms with E-state index in [1.54, 1.807) is 24.0 Å². The lowest BCUT2D eigenvalue weighted by molar-refractivity contribution is -0.135. The summed E-state index contributed by atoms with van der Waals surface area (Å²) in [4.78, 5) is 29.9. The molecule has 0 spiro atoms. The normalized spacial score (nSPS) is 14.3. The Balaban J connectivity index is 1.61. The number of halogens is 2. The number of anilines is 2. The summed E-state index contributed by atoms with van der Waals surface area (Å²) in [5.74, 6) is -2.34. The van der Waals surface area contributed by atoms with Gasteiger partial charge in [0.1, 0.15) is 18.2 Å². The van der Waals surface area contributed by atoms with E-state index in [0.29, 0.717) is 37.2 Å². The molecule has 0 atom stereocenters. The van der Waals surface area contributed by atoms with Crippen molar-refractivity contribution < 1.29 is 31.9 Å². The summed E-state index contributed by atoms with van der Waals surface area (Å²) >= 11 is 0. The number of benzene rings is 2. The Bertz CT molecular complexity index is 1460. The van der Waals surface area contributed by atoms with Crippen LogP contribution in [0.5, 0.6) is 0 Å². The lowest BCUT2D eigenvalue weighted by atomic mass is 9.89. The van der Waals surface area contributed by atoms with Crippen LogP contribution in [0.2, 0.25) is 0 Å². The number of hydrogen-bond donors (Lipinski definition) is 3. The molecule has 0 bridgehead atoms. The second-order valence-electron chi connectivity index (χ2n) is 8.99. The van der Waals surface area contributed by atoms with Crippen LogP contribution in [-0.4, -0.2) is 54.9 Å². The van der Waals surface area contributed by atoms with Gasteiger partial charge < -0.3 is 15.3 Å². The topological polar surface area (TPSA) is 129 Å². The summed E-state index contributed by atoms with van der Waals surface area (Å²) in [7, 11) is -4.29. The molecule has 1 aromatic heterocycles. The molecule has 0 aliphatic carbocycles. The van der Waals surface area contributed by atoms with Crippen LogP contribution in [0.4, 0.5) is 20.2 Å². The Kier molecular flexibility index (Phi) is 8.02. The number of rotatable bonds is 8. The number of aliphatic carboxylic acids is 1. The summed E-state index contributed by atoms with van der Waals surface area (Å²) in [6.07, 6.45) is 2.46. The van der Waals surface area contributed by atoms with Crippen molar-refractivity contribution >= 4 is 33.3 Å². The summed E-state index contributed by atoms with van der Waals surface area (Å²) in [6.45, 7) is 1.67. The molecule has 12 heteroatoms. The van der Waals surface area contributed by atoms with Gasteiger partial charge in [-0.1, -0.05) is 12.1 Å². The van der Waals surface area contributed by atoms with Crippen molar-refractivity contribution in [3.63, 3.8) is 0 Å². The van der Waals surface area contributed by atoms with Crippen LogP contribution >= 0.6 is 0 Å². The Morgan fingerprint density at radius 3 is 2.32 bits per heavy atom. The second kappa shape index (κ2) is 11.2. The van der Waals surface area contributed by atoms with Gasteiger partial charge in [0.15, 0.2) is 5.03 Å². The number of sulfonamides is 1. The fourth-order valence-corrected chi connectivity index (χ4v) is 5.25. The number of likely N-dealkylation sites (tertiary alicyclic amines) is 1. The molecule has 2 heterocycles. The number of piperidine rings is 1. The zero-order chi connectivity index (χ0) is 27.4. The van der Waals surface area contributed by atoms with Crippen LogP contribution in [0.3, 0.4) is 0 Å². The molecule has 0 radical (unpaired) electrons. The summed E-state index contributed by atoms with van der Waals surface area (Å²) in [5, 5.41) is 11.4. The number of amides is 1. The van der Waals surface area contributed by atoms with Gasteiger partial charge in [-0.15, -0.1) is 0 Å². The molecule has 1 aliphatic heterocycles. The summed E-state index contributed by atoms with van der Waals surface area (Å²) < 4.78 is 54.0. The highest BCUT2D eigenvalue weighted by atomic mass is 32.2. The third-order valence-corrected chi connectivity index (χ3v) is 7.68. The molecule has 0 unspecified atom stereocenters. The van der Waals surface area contributed by atoms with Crippen molar-refractivity contribution in [3.8, 4) is 0 Å². The molecule has 3 N–H and O–H groups in total. The van der Waals surface area contributed by atoms with Gasteiger partial charge in [-0.05, 0) is 67.1 Å². The lowest BCUT2D eigenvalue weighted by Crippen LogP contribution is -2.38. The van der Waals surface area contributed by atoms with E-state index in [-0.39, 0.29) is 28.9 Å². The number of hydrogen-bond acceptors (Lipinski definition) is 6. The predicted octanol–water partition coefficient (Wildman–Crippen LogP) is 3.79. The first-order valence-electron chi connectivity index (χ1n) is 11.8. The van der Waals surface area contributed by atoms with Gasteiger partial charge in [0.2, 0.25) is 0 Å². The Morgan fingerprint density at radius 2 is 1.68 bits per heavy atom. The molecule has 0 saturated carbocycles. The average Bonchev–Trinajstić information content (AvgIpc) is 2.89. The fourth-order valence-electron chi connectivity index (χ4n) is 4.32. The smallest absolute Gasteiger partial charge is 0.318 e. The minimum absolute atomic E-state index is 0.103. The number of nitrogens with zero attached hydrogens (tertiary/aromatic N) is 2. The van der Waals surface area contributed by atoms with E-state index < -0.39 is 33.4 Å². The van der Waals surface area contributed by atoms with Crippen LogP contribution in [-0.2, 0) is 14.8 Å². The van der Waals surface area contributed by atoms with E-state index in [9.17, 15) is 26.8 Å². The van der Waals surface area contributed by atoms with E-state index in [1.807, 2.05) is 4.72 Å². The zero-order valence-electron chi connectivity index (χ0n) is 20.4. The lowest BCUT2D eigenvalue weighted by Gasteiger charge is -2.32. The molecule has 1 amide bonds. The van der Waals surface area contributed by atoms with Gasteiger partial charge >= 0.3 is 5.97 Å². The molecule has 9 nitrogen and oxygen atoms in total. The van der Waals surface area contributed by atoms with Gasteiger partial charge in [0, 0.05) is 31.0 Å². The minimum atomic E-state index is -4.29. The maximum Gasteiger partial charge on any atom is 0.318 e. The molecule has 1 saturated heterocycles. The van der Waals surface area contributed by atoms with Crippen LogP contribution in [0, 0.1) is 18.6 Å². The highest BCUT2D eigenvalue weighted by Gasteiger charge is 2.28. The maximum absolute atomic E-state index is 13.6. The van der Waals surface area contributed by atoms with Crippen molar-refractivity contribution in [1.82, 2.24) is 14.6 Å². The minimum Gasteiger partial charge on any atom is -0.480 e. The standard InChI is InChI=1S/C26H26F2N4O5S/c1-16-12-20(28)6-7-22(16)31-23-13-24(38(36,37)30-15-25(33)34)29-14-21(23)26(35)32-10-8-18(9-11-32)17-2-4-19(27)5-3-17/h2-7,12-14,18,30H,8-11,15H2,1H3,(H,29,31)(H,33,34). The Morgan fingerprint density at radius 1 is 1.03 bits per heavy atom. The molecule has 1 aliphatic rings.